The van der Waals surface area contributed by atoms with E-state index in [9.17, 15) is 0 Å². The number of benzene rings is 7. The number of thiophene rings is 1. The summed E-state index contributed by atoms with van der Waals surface area (Å²) in [5.41, 5.74) is 7.50. The lowest BCUT2D eigenvalue weighted by Crippen LogP contribution is -2.00. The summed E-state index contributed by atoms with van der Waals surface area (Å²) in [6.45, 7) is 0. The van der Waals surface area contributed by atoms with Crippen molar-refractivity contribution >= 4 is 63.8 Å². The van der Waals surface area contributed by atoms with Crippen molar-refractivity contribution < 1.29 is 0 Å². The maximum Gasteiger partial charge on any atom is 0.164 e. The molecule has 10 rings (SSSR count). The van der Waals surface area contributed by atoms with Crippen molar-refractivity contribution in [2.24, 2.45) is 0 Å². The molecule has 50 heavy (non-hydrogen) atoms. The van der Waals surface area contributed by atoms with Crippen molar-refractivity contribution in [2.45, 2.75) is 0 Å². The number of aromatic nitrogens is 4. The summed E-state index contributed by atoms with van der Waals surface area (Å²) in [7, 11) is 0. The van der Waals surface area contributed by atoms with Crippen molar-refractivity contribution in [3.05, 3.63) is 158 Å². The molecule has 7 aromatic carbocycles. The molecule has 0 fully saturated rings. The quantitative estimate of drug-likeness (QED) is 0.182. The SMILES string of the molecule is c1ccc(-c2nc(-c3ccccc3)nc(-c3ccc4cc(-c5cccc6sc7cc8sc(-c9ccccc9)nc8cc7c56)ccc4c3)n2)cc1. The Labute approximate surface area is 296 Å². The third kappa shape index (κ3) is 5.05. The second kappa shape index (κ2) is 11.8. The molecule has 4 nitrogen and oxygen atoms in total. The van der Waals surface area contributed by atoms with Crippen LogP contribution >= 0.6 is 22.7 Å². The van der Waals surface area contributed by atoms with Gasteiger partial charge in [-0.15, -0.1) is 22.7 Å². The molecule has 10 aromatic rings. The van der Waals surface area contributed by atoms with Crippen LogP contribution in [0.3, 0.4) is 0 Å². The molecule has 0 saturated heterocycles. The lowest BCUT2D eigenvalue weighted by atomic mass is 9.96. The van der Waals surface area contributed by atoms with Crippen LogP contribution in [0.1, 0.15) is 0 Å². The Hall–Kier alpha value is -6.08. The van der Waals surface area contributed by atoms with E-state index in [4.69, 9.17) is 19.9 Å². The van der Waals surface area contributed by atoms with Crippen LogP contribution in [0.4, 0.5) is 0 Å². The highest BCUT2D eigenvalue weighted by Crippen LogP contribution is 2.43. The summed E-state index contributed by atoms with van der Waals surface area (Å²) < 4.78 is 3.79. The van der Waals surface area contributed by atoms with Crippen molar-refractivity contribution in [1.82, 2.24) is 19.9 Å². The molecular formula is C44H26N4S2. The van der Waals surface area contributed by atoms with Gasteiger partial charge in [0.25, 0.3) is 0 Å². The number of thiazole rings is 1. The largest absolute Gasteiger partial charge is 0.236 e. The maximum atomic E-state index is 5.05. The molecule has 0 spiro atoms. The minimum Gasteiger partial charge on any atom is -0.236 e. The minimum absolute atomic E-state index is 0.655. The van der Waals surface area contributed by atoms with Crippen molar-refractivity contribution in [3.8, 4) is 55.9 Å². The number of hydrogen-bond donors (Lipinski definition) is 0. The normalized spacial score (nSPS) is 11.6. The molecule has 0 atom stereocenters. The summed E-state index contributed by atoms with van der Waals surface area (Å²) >= 11 is 3.61. The summed E-state index contributed by atoms with van der Waals surface area (Å²) in [6.07, 6.45) is 0. The predicted octanol–water partition coefficient (Wildman–Crippen LogP) is 12.3. The van der Waals surface area contributed by atoms with Gasteiger partial charge in [0.15, 0.2) is 17.5 Å². The first-order chi connectivity index (χ1) is 24.7. The molecule has 0 N–H and O–H groups in total. The third-order valence-electron chi connectivity index (χ3n) is 9.13. The third-order valence-corrected chi connectivity index (χ3v) is 11.3. The number of hydrogen-bond acceptors (Lipinski definition) is 6. The Bertz CT molecular complexity index is 2800. The topological polar surface area (TPSA) is 51.6 Å². The summed E-state index contributed by atoms with van der Waals surface area (Å²) in [5, 5.41) is 5.90. The van der Waals surface area contributed by atoms with Gasteiger partial charge in [-0.25, -0.2) is 19.9 Å². The fourth-order valence-electron chi connectivity index (χ4n) is 6.68. The smallest absolute Gasteiger partial charge is 0.164 e. The van der Waals surface area contributed by atoms with Gasteiger partial charge >= 0.3 is 0 Å². The van der Waals surface area contributed by atoms with E-state index < -0.39 is 0 Å². The molecule has 0 radical (unpaired) electrons. The zero-order chi connectivity index (χ0) is 33.0. The molecule has 0 unspecified atom stereocenters. The van der Waals surface area contributed by atoms with Crippen molar-refractivity contribution in [2.75, 3.05) is 0 Å². The highest BCUT2D eigenvalue weighted by atomic mass is 32.1. The van der Waals surface area contributed by atoms with E-state index >= 15 is 0 Å². The Morgan fingerprint density at radius 1 is 0.360 bits per heavy atom. The van der Waals surface area contributed by atoms with E-state index in [1.807, 2.05) is 78.1 Å². The maximum absolute atomic E-state index is 5.05. The molecule has 0 aliphatic carbocycles. The van der Waals surface area contributed by atoms with Gasteiger partial charge in [0.1, 0.15) is 5.01 Å². The highest BCUT2D eigenvalue weighted by molar-refractivity contribution is 7.26. The standard InChI is InChI=1S/C44H26N4S2/c1-4-11-27(12-5-1)41-46-42(28-13-6-2-7-14-28)48-43(47-41)33-22-20-30-23-32(21-19-31(30)24-33)34-17-10-18-37-40(34)35-25-36-39(26-38(35)49-37)50-44(45-36)29-15-8-3-9-16-29/h1-26H. The summed E-state index contributed by atoms with van der Waals surface area (Å²) in [5.74, 6) is 1.97. The van der Waals surface area contributed by atoms with E-state index in [0.29, 0.717) is 17.5 Å². The number of fused-ring (bicyclic) bond motifs is 5. The lowest BCUT2D eigenvalue weighted by Gasteiger charge is -2.10. The zero-order valence-electron chi connectivity index (χ0n) is 26.6. The molecule has 0 aliphatic rings. The molecule has 3 aromatic heterocycles. The minimum atomic E-state index is 0.655. The molecular weight excluding hydrogens is 649 g/mol. The fraction of sp³-hybridized carbons (Fsp3) is 0. The van der Waals surface area contributed by atoms with Crippen LogP contribution in [-0.2, 0) is 0 Å². The van der Waals surface area contributed by atoms with Gasteiger partial charge in [0.2, 0.25) is 0 Å². The van der Waals surface area contributed by atoms with E-state index in [1.165, 1.54) is 36.0 Å². The molecule has 0 bridgehead atoms. The molecule has 0 saturated carbocycles. The molecule has 0 aliphatic heterocycles. The van der Waals surface area contributed by atoms with E-state index in [2.05, 4.69) is 91.0 Å². The molecule has 6 heteroatoms. The van der Waals surface area contributed by atoms with Crippen LogP contribution in [0.2, 0.25) is 0 Å². The number of nitrogens with zero attached hydrogens (tertiary/aromatic N) is 4. The Morgan fingerprint density at radius 3 is 1.60 bits per heavy atom. The first-order valence-electron chi connectivity index (χ1n) is 16.5. The van der Waals surface area contributed by atoms with Crippen LogP contribution in [0.5, 0.6) is 0 Å². The van der Waals surface area contributed by atoms with Crippen molar-refractivity contribution in [3.63, 3.8) is 0 Å². The average molecular weight is 675 g/mol. The van der Waals surface area contributed by atoms with Crippen LogP contribution in [0, 0.1) is 0 Å². The second-order valence-corrected chi connectivity index (χ2v) is 14.4. The van der Waals surface area contributed by atoms with Gasteiger partial charge in [-0.3, -0.25) is 0 Å². The monoisotopic (exact) mass is 674 g/mol. The first-order valence-corrected chi connectivity index (χ1v) is 18.1. The molecule has 0 amide bonds. The van der Waals surface area contributed by atoms with Gasteiger partial charge in [0, 0.05) is 42.4 Å². The second-order valence-electron chi connectivity index (χ2n) is 12.3. The van der Waals surface area contributed by atoms with E-state index in [1.54, 1.807) is 11.3 Å². The highest BCUT2D eigenvalue weighted by Gasteiger charge is 2.16. The van der Waals surface area contributed by atoms with Crippen LogP contribution in [-0.4, -0.2) is 19.9 Å². The van der Waals surface area contributed by atoms with Gasteiger partial charge in [0.05, 0.1) is 10.2 Å². The van der Waals surface area contributed by atoms with Crippen molar-refractivity contribution in [1.29, 1.82) is 0 Å². The Balaban J connectivity index is 1.06. The molecule has 234 valence electrons. The lowest BCUT2D eigenvalue weighted by molar-refractivity contribution is 1.07. The first kappa shape index (κ1) is 28.9. The van der Waals surface area contributed by atoms with Gasteiger partial charge in [-0.2, -0.15) is 0 Å². The van der Waals surface area contributed by atoms with Crippen LogP contribution in [0.25, 0.3) is 97.0 Å². The van der Waals surface area contributed by atoms with Crippen LogP contribution in [0.15, 0.2) is 158 Å². The average Bonchev–Trinajstić information content (AvgIpc) is 3.78. The summed E-state index contributed by atoms with van der Waals surface area (Å²) in [4.78, 5) is 19.8. The number of rotatable bonds is 5. The van der Waals surface area contributed by atoms with Gasteiger partial charge < -0.3 is 0 Å². The fourth-order valence-corrected chi connectivity index (χ4v) is 8.90. The molecule has 3 heterocycles. The predicted molar refractivity (Wildman–Crippen MR) is 211 cm³/mol. The summed E-state index contributed by atoms with van der Waals surface area (Å²) in [6, 6.07) is 55.1. The van der Waals surface area contributed by atoms with E-state index in [-0.39, 0.29) is 0 Å². The van der Waals surface area contributed by atoms with Crippen LogP contribution < -0.4 is 0 Å². The van der Waals surface area contributed by atoms with Gasteiger partial charge in [-0.1, -0.05) is 127 Å². The van der Waals surface area contributed by atoms with Gasteiger partial charge in [-0.05, 0) is 52.2 Å². The Morgan fingerprint density at radius 2 is 0.940 bits per heavy atom. The zero-order valence-corrected chi connectivity index (χ0v) is 28.2. The Kier molecular flexibility index (Phi) is 6.82. The van der Waals surface area contributed by atoms with E-state index in [0.717, 1.165) is 43.6 Å².